The van der Waals surface area contributed by atoms with Crippen molar-refractivity contribution in [2.45, 2.75) is 19.3 Å². The maximum absolute atomic E-state index is 2.46. The molecule has 1 heterocycles. The van der Waals surface area contributed by atoms with Crippen molar-refractivity contribution < 1.29 is 0 Å². The van der Waals surface area contributed by atoms with Crippen LogP contribution in [0.2, 0.25) is 0 Å². The number of para-hydroxylation sites is 2. The van der Waals surface area contributed by atoms with Crippen LogP contribution in [0.15, 0.2) is 309 Å². The van der Waals surface area contributed by atoms with Crippen LogP contribution >= 0.6 is 0 Å². The normalized spacial score (nSPS) is 12.2. The second-order valence-corrected chi connectivity index (χ2v) is 21.3. The molecule has 0 fully saturated rings. The molecule has 0 saturated heterocycles. The summed E-state index contributed by atoms with van der Waals surface area (Å²) in [5, 5.41) is 1.21. The van der Waals surface area contributed by atoms with Crippen molar-refractivity contribution in [1.82, 2.24) is 4.57 Å². The molecule has 13 aromatic rings. The zero-order chi connectivity index (χ0) is 53.6. The zero-order valence-electron chi connectivity index (χ0n) is 44.8. The molecule has 380 valence electrons. The Morgan fingerprint density at radius 2 is 0.625 bits per heavy atom. The summed E-state index contributed by atoms with van der Waals surface area (Å²) in [4.78, 5) is 4.72. The Morgan fingerprint density at radius 3 is 1.15 bits per heavy atom. The lowest BCUT2D eigenvalue weighted by Gasteiger charge is -2.29. The van der Waals surface area contributed by atoms with Gasteiger partial charge in [-0.3, -0.25) is 0 Å². The Bertz CT molecular complexity index is 4270. The standard InChI is InChI=1S/C77H57N3/c1-77(2)72-52-61(60-38-50-74-71(51-60)75(58-25-13-5-14-26-58)76(59-27-15-6-16-28-59)80(74)67-41-35-57(36-42-67)55-23-11-4-12-24-55)37-48-69(72)70-49-47-68(53-73(70)77)79(64-39-33-56(34-40-64)54-21-9-3-10-22-54)66-45-43-65(44-46-66)78(62-29-17-7-18-30-62)63-31-19-8-20-32-63/h3-53H,1-2H3. The molecule has 0 amide bonds. The highest BCUT2D eigenvalue weighted by Crippen LogP contribution is 2.53. The van der Waals surface area contributed by atoms with E-state index in [0.29, 0.717) is 0 Å². The van der Waals surface area contributed by atoms with Crippen LogP contribution in [-0.4, -0.2) is 4.57 Å². The van der Waals surface area contributed by atoms with Gasteiger partial charge >= 0.3 is 0 Å². The quantitative estimate of drug-likeness (QED) is 0.121. The molecule has 0 saturated carbocycles. The van der Waals surface area contributed by atoms with Crippen molar-refractivity contribution in [3.63, 3.8) is 0 Å². The predicted octanol–water partition coefficient (Wildman–Crippen LogP) is 21.2. The van der Waals surface area contributed by atoms with E-state index in [-0.39, 0.29) is 5.41 Å². The summed E-state index contributed by atoms with van der Waals surface area (Å²) >= 11 is 0. The summed E-state index contributed by atoms with van der Waals surface area (Å²) in [6.07, 6.45) is 0. The van der Waals surface area contributed by atoms with Gasteiger partial charge in [0.05, 0.1) is 11.2 Å². The highest BCUT2D eigenvalue weighted by molar-refractivity contribution is 6.07. The van der Waals surface area contributed by atoms with E-state index in [9.17, 15) is 0 Å². The smallest absolute Gasteiger partial charge is 0.0619 e. The van der Waals surface area contributed by atoms with E-state index >= 15 is 0 Å². The Balaban J connectivity index is 0.859. The first-order chi connectivity index (χ1) is 39.4. The molecule has 12 aromatic carbocycles. The highest BCUT2D eigenvalue weighted by Gasteiger charge is 2.36. The second kappa shape index (κ2) is 20.3. The minimum atomic E-state index is -0.287. The number of fused-ring (bicyclic) bond motifs is 4. The maximum Gasteiger partial charge on any atom is 0.0619 e. The fourth-order valence-electron chi connectivity index (χ4n) is 12.2. The van der Waals surface area contributed by atoms with E-state index in [4.69, 9.17) is 0 Å². The molecule has 1 aliphatic rings. The first-order valence-corrected chi connectivity index (χ1v) is 27.7. The van der Waals surface area contributed by atoms with Gasteiger partial charge < -0.3 is 14.4 Å². The third kappa shape index (κ3) is 8.66. The third-order valence-corrected chi connectivity index (χ3v) is 16.2. The molecule has 0 aliphatic heterocycles. The van der Waals surface area contributed by atoms with Crippen LogP contribution in [0.3, 0.4) is 0 Å². The van der Waals surface area contributed by atoms with Crippen molar-refractivity contribution in [1.29, 1.82) is 0 Å². The molecule has 80 heavy (non-hydrogen) atoms. The van der Waals surface area contributed by atoms with E-state index in [0.717, 1.165) is 39.8 Å². The number of hydrogen-bond donors (Lipinski definition) is 0. The van der Waals surface area contributed by atoms with Gasteiger partial charge in [0.1, 0.15) is 0 Å². The van der Waals surface area contributed by atoms with Gasteiger partial charge in [-0.25, -0.2) is 0 Å². The minimum Gasteiger partial charge on any atom is -0.311 e. The number of benzene rings is 12. The third-order valence-electron chi connectivity index (χ3n) is 16.2. The molecule has 0 unspecified atom stereocenters. The molecule has 3 nitrogen and oxygen atoms in total. The van der Waals surface area contributed by atoms with Crippen molar-refractivity contribution >= 4 is 45.0 Å². The SMILES string of the molecule is CC1(C)c2cc(-c3ccc4c(c3)c(-c3ccccc3)c(-c3ccccc3)n4-c3ccc(-c4ccccc4)cc3)ccc2-c2ccc(N(c3ccc(-c4ccccc4)cc3)c3ccc(N(c4ccccc4)c4ccccc4)cc3)cc21. The number of aromatic nitrogens is 1. The number of anilines is 6. The van der Waals surface area contributed by atoms with E-state index < -0.39 is 0 Å². The molecular formula is C77H57N3. The molecule has 1 aromatic heterocycles. The summed E-state index contributed by atoms with van der Waals surface area (Å²) in [5.74, 6) is 0. The topological polar surface area (TPSA) is 11.4 Å². The van der Waals surface area contributed by atoms with Crippen LogP contribution < -0.4 is 9.80 Å². The molecule has 0 radical (unpaired) electrons. The summed E-state index contributed by atoms with van der Waals surface area (Å²) in [7, 11) is 0. The Morgan fingerprint density at radius 1 is 0.275 bits per heavy atom. The van der Waals surface area contributed by atoms with E-state index in [2.05, 4.69) is 338 Å². The van der Waals surface area contributed by atoms with Gasteiger partial charge in [0, 0.05) is 56.2 Å². The van der Waals surface area contributed by atoms with Crippen LogP contribution in [0, 0.1) is 0 Å². The highest BCUT2D eigenvalue weighted by atomic mass is 15.2. The molecule has 14 rings (SSSR count). The van der Waals surface area contributed by atoms with E-state index in [1.165, 1.54) is 88.9 Å². The van der Waals surface area contributed by atoms with Crippen LogP contribution in [0.4, 0.5) is 34.1 Å². The zero-order valence-corrected chi connectivity index (χ0v) is 44.8. The minimum absolute atomic E-state index is 0.287. The largest absolute Gasteiger partial charge is 0.311 e. The van der Waals surface area contributed by atoms with Crippen LogP contribution in [0.1, 0.15) is 25.0 Å². The van der Waals surface area contributed by atoms with Gasteiger partial charge in [0.25, 0.3) is 0 Å². The number of rotatable bonds is 12. The summed E-state index contributed by atoms with van der Waals surface area (Å²) in [5.41, 5.74) is 25.7. The molecule has 1 aliphatic carbocycles. The molecule has 3 heteroatoms. The average Bonchev–Trinajstić information content (AvgIpc) is 4.13. The fourth-order valence-corrected chi connectivity index (χ4v) is 12.2. The lowest BCUT2D eigenvalue weighted by atomic mass is 9.81. The Labute approximate surface area is 469 Å². The fraction of sp³-hybridized carbons (Fsp3) is 0.0390. The monoisotopic (exact) mass is 1020 g/mol. The van der Waals surface area contributed by atoms with E-state index in [1.54, 1.807) is 0 Å². The van der Waals surface area contributed by atoms with E-state index in [1.807, 2.05) is 0 Å². The number of nitrogens with zero attached hydrogens (tertiary/aromatic N) is 3. The second-order valence-electron chi connectivity index (χ2n) is 21.3. The first kappa shape index (κ1) is 48.2. The van der Waals surface area contributed by atoms with Crippen molar-refractivity contribution in [3.8, 4) is 72.6 Å². The molecular weight excluding hydrogens is 967 g/mol. The van der Waals surface area contributed by atoms with Crippen LogP contribution in [0.5, 0.6) is 0 Å². The van der Waals surface area contributed by atoms with Gasteiger partial charge in [0.2, 0.25) is 0 Å². The van der Waals surface area contributed by atoms with Crippen molar-refractivity contribution in [3.05, 3.63) is 321 Å². The lowest BCUT2D eigenvalue weighted by Crippen LogP contribution is -2.17. The molecule has 0 N–H and O–H groups in total. The van der Waals surface area contributed by atoms with Crippen molar-refractivity contribution in [2.75, 3.05) is 9.80 Å². The lowest BCUT2D eigenvalue weighted by molar-refractivity contribution is 0.660. The van der Waals surface area contributed by atoms with Crippen LogP contribution in [0.25, 0.3) is 83.5 Å². The van der Waals surface area contributed by atoms with Crippen molar-refractivity contribution in [2.24, 2.45) is 0 Å². The van der Waals surface area contributed by atoms with Gasteiger partial charge in [-0.1, -0.05) is 220 Å². The van der Waals surface area contributed by atoms with Gasteiger partial charge in [-0.05, 0) is 170 Å². The predicted molar refractivity (Wildman–Crippen MR) is 337 cm³/mol. The summed E-state index contributed by atoms with van der Waals surface area (Å²) < 4.78 is 2.46. The molecule has 0 atom stereocenters. The van der Waals surface area contributed by atoms with Gasteiger partial charge in [-0.2, -0.15) is 0 Å². The maximum atomic E-state index is 2.46. The summed E-state index contributed by atoms with van der Waals surface area (Å²) in [6.45, 7) is 4.79. The molecule has 0 spiro atoms. The first-order valence-electron chi connectivity index (χ1n) is 27.7. The summed E-state index contributed by atoms with van der Waals surface area (Å²) in [6, 6.07) is 113. The average molecular weight is 1020 g/mol. The Kier molecular flexibility index (Phi) is 12.2. The molecule has 0 bridgehead atoms. The van der Waals surface area contributed by atoms with Gasteiger partial charge in [0.15, 0.2) is 0 Å². The Hall–Kier alpha value is -10.2. The van der Waals surface area contributed by atoms with Crippen LogP contribution in [-0.2, 0) is 5.41 Å². The van der Waals surface area contributed by atoms with Gasteiger partial charge in [-0.15, -0.1) is 0 Å². The number of hydrogen-bond acceptors (Lipinski definition) is 2.